The van der Waals surface area contributed by atoms with E-state index >= 15 is 0 Å². The van der Waals surface area contributed by atoms with Crippen molar-refractivity contribution in [2.75, 3.05) is 4.90 Å². The average molecular weight is 354 g/mol. The molecular formula is C20H19NOS2. The van der Waals surface area contributed by atoms with E-state index in [1.807, 2.05) is 36.4 Å². The molecule has 3 rings (SSSR count). The number of thioether (sulfide) groups is 1. The standard InChI is InChI=1S/C20H19NOS2/c1-20(2,3)15-11-9-14(10-12-15)13-17-18(22)21(19(23)24-17)16-7-5-4-6-8-16/h4-13H,1-3H3. The zero-order chi connectivity index (χ0) is 17.3. The molecule has 1 amide bonds. The van der Waals surface area contributed by atoms with Crippen molar-refractivity contribution in [1.82, 2.24) is 0 Å². The summed E-state index contributed by atoms with van der Waals surface area (Å²) in [4.78, 5) is 14.9. The number of carbonyl (C=O) groups excluding carboxylic acids is 1. The van der Waals surface area contributed by atoms with E-state index in [1.165, 1.54) is 17.3 Å². The number of nitrogens with zero attached hydrogens (tertiary/aromatic N) is 1. The van der Waals surface area contributed by atoms with Gasteiger partial charge in [-0.15, -0.1) is 0 Å². The van der Waals surface area contributed by atoms with Crippen LogP contribution >= 0.6 is 24.0 Å². The van der Waals surface area contributed by atoms with Crippen molar-refractivity contribution in [3.05, 3.63) is 70.6 Å². The maximum Gasteiger partial charge on any atom is 0.270 e. The second-order valence-corrected chi connectivity index (χ2v) is 8.40. The quantitative estimate of drug-likeness (QED) is 0.533. The summed E-state index contributed by atoms with van der Waals surface area (Å²) in [5, 5.41) is 0. The monoisotopic (exact) mass is 353 g/mol. The molecule has 2 nitrogen and oxygen atoms in total. The van der Waals surface area contributed by atoms with E-state index in [0.717, 1.165) is 11.3 Å². The highest BCUT2D eigenvalue weighted by Gasteiger charge is 2.33. The number of para-hydroxylation sites is 1. The number of hydrogen-bond acceptors (Lipinski definition) is 3. The summed E-state index contributed by atoms with van der Waals surface area (Å²) >= 11 is 6.74. The van der Waals surface area contributed by atoms with E-state index in [1.54, 1.807) is 4.90 Å². The van der Waals surface area contributed by atoms with Gasteiger partial charge in [-0.05, 0) is 34.8 Å². The highest BCUT2D eigenvalue weighted by molar-refractivity contribution is 8.27. The van der Waals surface area contributed by atoms with E-state index in [2.05, 4.69) is 45.0 Å². The molecule has 1 aliphatic rings. The van der Waals surface area contributed by atoms with Gasteiger partial charge in [0.05, 0.1) is 10.6 Å². The third-order valence-corrected chi connectivity index (χ3v) is 5.18. The summed E-state index contributed by atoms with van der Waals surface area (Å²) in [7, 11) is 0. The minimum absolute atomic E-state index is 0.0592. The molecule has 0 aliphatic carbocycles. The van der Waals surface area contributed by atoms with Crippen LogP contribution in [0.2, 0.25) is 0 Å². The highest BCUT2D eigenvalue weighted by atomic mass is 32.2. The molecule has 0 saturated carbocycles. The lowest BCUT2D eigenvalue weighted by atomic mass is 9.87. The first-order valence-corrected chi connectivity index (χ1v) is 9.02. The summed E-state index contributed by atoms with van der Waals surface area (Å²) in [6, 6.07) is 17.9. The van der Waals surface area contributed by atoms with Gasteiger partial charge in [0.1, 0.15) is 0 Å². The van der Waals surface area contributed by atoms with Crippen LogP contribution in [0, 0.1) is 0 Å². The van der Waals surface area contributed by atoms with E-state index in [4.69, 9.17) is 12.2 Å². The van der Waals surface area contributed by atoms with Crippen molar-refractivity contribution in [3.63, 3.8) is 0 Å². The molecule has 0 unspecified atom stereocenters. The molecule has 122 valence electrons. The van der Waals surface area contributed by atoms with Crippen molar-refractivity contribution in [3.8, 4) is 0 Å². The Kier molecular flexibility index (Phi) is 4.61. The second-order valence-electron chi connectivity index (χ2n) is 6.72. The van der Waals surface area contributed by atoms with Gasteiger partial charge in [-0.2, -0.15) is 0 Å². The van der Waals surface area contributed by atoms with Crippen molar-refractivity contribution >= 4 is 46.0 Å². The van der Waals surface area contributed by atoms with Crippen LogP contribution < -0.4 is 4.90 Å². The molecule has 0 atom stereocenters. The van der Waals surface area contributed by atoms with E-state index in [-0.39, 0.29) is 11.3 Å². The van der Waals surface area contributed by atoms with Crippen LogP contribution in [0.25, 0.3) is 6.08 Å². The average Bonchev–Trinajstić information content (AvgIpc) is 2.82. The fourth-order valence-electron chi connectivity index (χ4n) is 2.50. The Morgan fingerprint density at radius 2 is 1.62 bits per heavy atom. The van der Waals surface area contributed by atoms with Crippen LogP contribution in [0.5, 0.6) is 0 Å². The number of carbonyl (C=O) groups is 1. The van der Waals surface area contributed by atoms with Gasteiger partial charge < -0.3 is 0 Å². The van der Waals surface area contributed by atoms with Crippen LogP contribution in [-0.4, -0.2) is 10.2 Å². The molecule has 0 aromatic heterocycles. The fraction of sp³-hybridized carbons (Fsp3) is 0.200. The maximum absolute atomic E-state index is 12.7. The predicted molar refractivity (Wildman–Crippen MR) is 107 cm³/mol. The Balaban J connectivity index is 1.87. The zero-order valence-corrected chi connectivity index (χ0v) is 15.6. The normalized spacial score (nSPS) is 17.0. The summed E-state index contributed by atoms with van der Waals surface area (Å²) in [6.07, 6.45) is 1.91. The largest absolute Gasteiger partial charge is 0.270 e. The van der Waals surface area contributed by atoms with E-state index in [0.29, 0.717) is 9.23 Å². The van der Waals surface area contributed by atoms with Gasteiger partial charge >= 0.3 is 0 Å². The van der Waals surface area contributed by atoms with E-state index < -0.39 is 0 Å². The van der Waals surface area contributed by atoms with Crippen LogP contribution in [0.3, 0.4) is 0 Å². The summed E-state index contributed by atoms with van der Waals surface area (Å²) in [5.74, 6) is -0.0592. The Morgan fingerprint density at radius 3 is 2.21 bits per heavy atom. The molecule has 2 aromatic carbocycles. The van der Waals surface area contributed by atoms with Crippen LogP contribution in [-0.2, 0) is 10.2 Å². The van der Waals surface area contributed by atoms with Crippen molar-refractivity contribution in [1.29, 1.82) is 0 Å². The molecule has 1 heterocycles. The van der Waals surface area contributed by atoms with Gasteiger partial charge in [0, 0.05) is 0 Å². The third-order valence-electron chi connectivity index (χ3n) is 3.88. The number of anilines is 1. The highest BCUT2D eigenvalue weighted by Crippen LogP contribution is 2.36. The molecule has 0 spiro atoms. The van der Waals surface area contributed by atoms with Crippen LogP contribution in [0.15, 0.2) is 59.5 Å². The van der Waals surface area contributed by atoms with Crippen molar-refractivity contribution in [2.24, 2.45) is 0 Å². The Bertz CT molecular complexity index is 802. The first-order chi connectivity index (χ1) is 11.4. The lowest BCUT2D eigenvalue weighted by molar-refractivity contribution is -0.113. The van der Waals surface area contributed by atoms with Crippen molar-refractivity contribution < 1.29 is 4.79 Å². The van der Waals surface area contributed by atoms with Gasteiger partial charge in [-0.25, -0.2) is 0 Å². The number of amides is 1. The summed E-state index contributed by atoms with van der Waals surface area (Å²) in [6.45, 7) is 6.56. The first kappa shape index (κ1) is 16.9. The van der Waals surface area contributed by atoms with Gasteiger partial charge in [-0.1, -0.05) is 87.2 Å². The molecular weight excluding hydrogens is 334 g/mol. The second kappa shape index (κ2) is 6.54. The molecule has 2 aromatic rings. The van der Waals surface area contributed by atoms with Crippen LogP contribution in [0.4, 0.5) is 5.69 Å². The van der Waals surface area contributed by atoms with Gasteiger partial charge in [0.25, 0.3) is 5.91 Å². The molecule has 1 saturated heterocycles. The lowest BCUT2D eigenvalue weighted by Gasteiger charge is -2.18. The Labute approximate surface area is 152 Å². The zero-order valence-electron chi connectivity index (χ0n) is 13.9. The molecule has 24 heavy (non-hydrogen) atoms. The predicted octanol–water partition coefficient (Wildman–Crippen LogP) is 5.39. The van der Waals surface area contributed by atoms with Crippen LogP contribution in [0.1, 0.15) is 31.9 Å². The maximum atomic E-state index is 12.7. The minimum Gasteiger partial charge on any atom is -0.268 e. The lowest BCUT2D eigenvalue weighted by Crippen LogP contribution is -2.27. The summed E-state index contributed by atoms with van der Waals surface area (Å²) < 4.78 is 0.573. The van der Waals surface area contributed by atoms with Gasteiger partial charge in [0.15, 0.2) is 4.32 Å². The van der Waals surface area contributed by atoms with Gasteiger partial charge in [0.2, 0.25) is 0 Å². The topological polar surface area (TPSA) is 20.3 Å². The van der Waals surface area contributed by atoms with Crippen molar-refractivity contribution in [2.45, 2.75) is 26.2 Å². The number of hydrogen-bond donors (Lipinski definition) is 0. The fourth-order valence-corrected chi connectivity index (χ4v) is 3.80. The third kappa shape index (κ3) is 3.45. The molecule has 0 radical (unpaired) electrons. The molecule has 0 bridgehead atoms. The number of rotatable bonds is 2. The molecule has 1 fully saturated rings. The number of thiocarbonyl (C=S) groups is 1. The van der Waals surface area contributed by atoms with Gasteiger partial charge in [-0.3, -0.25) is 9.69 Å². The summed E-state index contributed by atoms with van der Waals surface area (Å²) in [5.41, 5.74) is 3.22. The van der Waals surface area contributed by atoms with E-state index in [9.17, 15) is 4.79 Å². The SMILES string of the molecule is CC(C)(C)c1ccc(C=C2SC(=S)N(c3ccccc3)C2=O)cc1. The Morgan fingerprint density at radius 1 is 1.00 bits per heavy atom. The number of benzene rings is 2. The molecule has 4 heteroatoms. The smallest absolute Gasteiger partial charge is 0.268 e. The first-order valence-electron chi connectivity index (χ1n) is 7.80. The molecule has 0 N–H and O–H groups in total. The minimum atomic E-state index is -0.0592. The Hall–Kier alpha value is -1.91. The molecule has 1 aliphatic heterocycles.